The third kappa shape index (κ3) is 4.59. The average molecular weight is 482 g/mol. The first kappa shape index (κ1) is 23.9. The van der Waals surface area contributed by atoms with Crippen molar-refractivity contribution in [3.8, 4) is 0 Å². The molecule has 1 aromatic carbocycles. The van der Waals surface area contributed by atoms with Gasteiger partial charge in [0.2, 0.25) is 11.8 Å². The van der Waals surface area contributed by atoms with Crippen LogP contribution in [0.2, 0.25) is 0 Å². The highest BCUT2D eigenvalue weighted by atomic mass is 16.2. The van der Waals surface area contributed by atoms with Crippen LogP contribution in [0.4, 0.5) is 5.69 Å². The van der Waals surface area contributed by atoms with Crippen LogP contribution in [0.3, 0.4) is 0 Å². The molecule has 0 saturated carbocycles. The number of hydrogen-bond acceptors (Lipinski definition) is 7. The zero-order valence-electron chi connectivity index (χ0n) is 20.6. The van der Waals surface area contributed by atoms with Gasteiger partial charge in [-0.3, -0.25) is 34.3 Å². The van der Waals surface area contributed by atoms with Crippen molar-refractivity contribution in [2.75, 3.05) is 44.2 Å². The van der Waals surface area contributed by atoms with Gasteiger partial charge in [-0.25, -0.2) is 0 Å². The summed E-state index contributed by atoms with van der Waals surface area (Å²) in [7, 11) is 0. The van der Waals surface area contributed by atoms with Crippen LogP contribution in [-0.4, -0.2) is 84.3 Å². The first-order valence-corrected chi connectivity index (χ1v) is 12.8. The van der Waals surface area contributed by atoms with Crippen LogP contribution in [0.25, 0.3) is 0 Å². The molecule has 5 rings (SSSR count). The zero-order valence-corrected chi connectivity index (χ0v) is 20.6. The molecule has 4 aliphatic heterocycles. The van der Waals surface area contributed by atoms with E-state index in [-0.39, 0.29) is 24.3 Å². The standard InChI is InChI=1S/C26H35N5O4/c1-26(2,16-17-7-9-27-10-8-17)30-13-11-29(12-14-30)18-3-4-19-20(15-18)25(35)31(24(19)34)21-5-6-22(32)28-23(21)33/h3-4,15,17,21,27H,5-14,16H2,1-2H3,(H,28,32,33). The van der Waals surface area contributed by atoms with Crippen molar-refractivity contribution in [2.24, 2.45) is 5.92 Å². The molecule has 0 radical (unpaired) electrons. The summed E-state index contributed by atoms with van der Waals surface area (Å²) in [6.45, 7) is 10.6. The number of nitrogens with zero attached hydrogens (tertiary/aromatic N) is 3. The molecule has 4 heterocycles. The second kappa shape index (κ2) is 9.35. The number of anilines is 1. The number of rotatable bonds is 5. The number of piperazine rings is 1. The first-order chi connectivity index (χ1) is 16.7. The van der Waals surface area contributed by atoms with E-state index < -0.39 is 23.8 Å². The Bertz CT molecular complexity index is 1040. The lowest BCUT2D eigenvalue weighted by molar-refractivity contribution is -0.136. The Kier molecular flexibility index (Phi) is 6.40. The maximum Gasteiger partial charge on any atom is 0.262 e. The molecule has 3 saturated heterocycles. The summed E-state index contributed by atoms with van der Waals surface area (Å²) in [5.41, 5.74) is 1.73. The summed E-state index contributed by atoms with van der Waals surface area (Å²) >= 11 is 0. The van der Waals surface area contributed by atoms with Gasteiger partial charge in [-0.2, -0.15) is 0 Å². The van der Waals surface area contributed by atoms with Crippen molar-refractivity contribution in [3.63, 3.8) is 0 Å². The highest BCUT2D eigenvalue weighted by molar-refractivity contribution is 6.23. The fourth-order valence-electron chi connectivity index (χ4n) is 6.15. The quantitative estimate of drug-likeness (QED) is 0.613. The maximum atomic E-state index is 13.2. The van der Waals surface area contributed by atoms with Gasteiger partial charge in [-0.05, 0) is 76.7 Å². The molecule has 4 amide bonds. The fraction of sp³-hybridized carbons (Fsp3) is 0.615. The lowest BCUT2D eigenvalue weighted by atomic mass is 9.83. The number of imide groups is 2. The van der Waals surface area contributed by atoms with Gasteiger partial charge in [0.05, 0.1) is 11.1 Å². The predicted molar refractivity (Wildman–Crippen MR) is 131 cm³/mol. The second-order valence-electron chi connectivity index (χ2n) is 10.9. The number of benzene rings is 1. The highest BCUT2D eigenvalue weighted by Crippen LogP contribution is 2.33. The van der Waals surface area contributed by atoms with E-state index in [4.69, 9.17) is 0 Å². The Balaban J connectivity index is 1.24. The third-order valence-electron chi connectivity index (χ3n) is 8.17. The molecule has 0 aromatic heterocycles. The van der Waals surface area contributed by atoms with Crippen LogP contribution in [0.1, 0.15) is 66.7 Å². The van der Waals surface area contributed by atoms with E-state index in [9.17, 15) is 19.2 Å². The average Bonchev–Trinajstić information content (AvgIpc) is 3.09. The third-order valence-corrected chi connectivity index (χ3v) is 8.17. The molecular weight excluding hydrogens is 446 g/mol. The highest BCUT2D eigenvalue weighted by Gasteiger charge is 2.45. The van der Waals surface area contributed by atoms with E-state index in [0.29, 0.717) is 11.1 Å². The summed E-state index contributed by atoms with van der Waals surface area (Å²) in [5, 5.41) is 5.69. The maximum absolute atomic E-state index is 13.2. The van der Waals surface area contributed by atoms with Gasteiger partial charge in [0.1, 0.15) is 6.04 Å². The minimum absolute atomic E-state index is 0.118. The Labute approximate surface area is 206 Å². The number of carbonyl (C=O) groups is 4. The Morgan fingerprint density at radius 3 is 2.29 bits per heavy atom. The largest absolute Gasteiger partial charge is 0.369 e. The van der Waals surface area contributed by atoms with Gasteiger partial charge in [0.25, 0.3) is 11.8 Å². The topological polar surface area (TPSA) is 102 Å². The molecule has 188 valence electrons. The monoisotopic (exact) mass is 481 g/mol. The molecule has 1 aromatic rings. The molecule has 3 fully saturated rings. The number of hydrogen-bond donors (Lipinski definition) is 2. The minimum Gasteiger partial charge on any atom is -0.369 e. The number of carbonyl (C=O) groups excluding carboxylic acids is 4. The normalized spacial score (nSPS) is 24.7. The van der Waals surface area contributed by atoms with Crippen LogP contribution >= 0.6 is 0 Å². The van der Waals surface area contributed by atoms with E-state index in [2.05, 4.69) is 34.3 Å². The summed E-state index contributed by atoms with van der Waals surface area (Å²) in [5.74, 6) is -1.10. The molecule has 4 aliphatic rings. The minimum atomic E-state index is -0.936. The molecule has 35 heavy (non-hydrogen) atoms. The number of fused-ring (bicyclic) bond motifs is 1. The molecule has 9 heteroatoms. The number of nitrogens with one attached hydrogen (secondary N) is 2. The summed E-state index contributed by atoms with van der Waals surface area (Å²) < 4.78 is 0. The number of piperidine rings is 2. The molecule has 9 nitrogen and oxygen atoms in total. The SMILES string of the molecule is CC(C)(CC1CCNCC1)N1CCN(c2ccc3c(c2)C(=O)N(C2CCC(=O)NC2=O)C3=O)CC1. The van der Waals surface area contributed by atoms with Gasteiger partial charge in [-0.15, -0.1) is 0 Å². The van der Waals surface area contributed by atoms with E-state index in [1.807, 2.05) is 6.07 Å². The first-order valence-electron chi connectivity index (χ1n) is 12.8. The van der Waals surface area contributed by atoms with Crippen LogP contribution in [0, 0.1) is 5.92 Å². The van der Waals surface area contributed by atoms with Crippen molar-refractivity contribution in [1.82, 2.24) is 20.4 Å². The number of amides is 4. The summed E-state index contributed by atoms with van der Waals surface area (Å²) in [6, 6.07) is 4.45. The van der Waals surface area contributed by atoms with Gasteiger partial charge < -0.3 is 10.2 Å². The molecule has 0 spiro atoms. The molecule has 0 bridgehead atoms. The van der Waals surface area contributed by atoms with Crippen LogP contribution in [-0.2, 0) is 9.59 Å². The van der Waals surface area contributed by atoms with E-state index in [1.54, 1.807) is 12.1 Å². The van der Waals surface area contributed by atoms with Crippen LogP contribution < -0.4 is 15.5 Å². The Morgan fingerprint density at radius 2 is 1.60 bits per heavy atom. The van der Waals surface area contributed by atoms with Gasteiger partial charge >= 0.3 is 0 Å². The second-order valence-corrected chi connectivity index (χ2v) is 10.9. The van der Waals surface area contributed by atoms with Crippen LogP contribution in [0.15, 0.2) is 18.2 Å². The van der Waals surface area contributed by atoms with Crippen molar-refractivity contribution < 1.29 is 19.2 Å². The van der Waals surface area contributed by atoms with E-state index in [0.717, 1.165) is 55.8 Å². The van der Waals surface area contributed by atoms with Crippen molar-refractivity contribution in [2.45, 2.75) is 57.5 Å². The lowest BCUT2D eigenvalue weighted by Gasteiger charge is -2.46. The van der Waals surface area contributed by atoms with E-state index >= 15 is 0 Å². The molecule has 1 atom stereocenters. The van der Waals surface area contributed by atoms with Gasteiger partial charge in [0, 0.05) is 43.8 Å². The Morgan fingerprint density at radius 1 is 0.914 bits per heavy atom. The smallest absolute Gasteiger partial charge is 0.262 e. The predicted octanol–water partition coefficient (Wildman–Crippen LogP) is 1.38. The van der Waals surface area contributed by atoms with Crippen LogP contribution in [0.5, 0.6) is 0 Å². The molecule has 0 aliphatic carbocycles. The molecular formula is C26H35N5O4. The lowest BCUT2D eigenvalue weighted by Crippen LogP contribution is -2.55. The van der Waals surface area contributed by atoms with Gasteiger partial charge in [-0.1, -0.05) is 0 Å². The summed E-state index contributed by atoms with van der Waals surface area (Å²) in [6.07, 6.45) is 3.99. The molecule has 2 N–H and O–H groups in total. The Hall–Kier alpha value is -2.78. The van der Waals surface area contributed by atoms with E-state index in [1.165, 1.54) is 19.3 Å². The van der Waals surface area contributed by atoms with Crippen molar-refractivity contribution in [3.05, 3.63) is 29.3 Å². The van der Waals surface area contributed by atoms with Crippen molar-refractivity contribution in [1.29, 1.82) is 0 Å². The zero-order chi connectivity index (χ0) is 24.7. The van der Waals surface area contributed by atoms with Gasteiger partial charge in [0.15, 0.2) is 0 Å². The summed E-state index contributed by atoms with van der Waals surface area (Å²) in [4.78, 5) is 55.8. The fourth-order valence-corrected chi connectivity index (χ4v) is 6.15. The molecule has 1 unspecified atom stereocenters. The van der Waals surface area contributed by atoms with Crippen molar-refractivity contribution >= 4 is 29.3 Å².